The summed E-state index contributed by atoms with van der Waals surface area (Å²) in [6.07, 6.45) is 5.01. The van der Waals surface area contributed by atoms with Gasteiger partial charge in [0.2, 0.25) is 21.8 Å². The summed E-state index contributed by atoms with van der Waals surface area (Å²) >= 11 is 0. The van der Waals surface area contributed by atoms with Crippen LogP contribution >= 0.6 is 0 Å². The Balaban J connectivity index is 1.75. The molecule has 9 heteroatoms. The number of nitrogens with zero attached hydrogens (tertiary/aromatic N) is 2. The van der Waals surface area contributed by atoms with Crippen LogP contribution in [0.4, 0.5) is 10.1 Å². The molecule has 3 aromatic rings. The molecule has 1 N–H and O–H groups in total. The first-order chi connectivity index (χ1) is 19.5. The Morgan fingerprint density at radius 2 is 1.63 bits per heavy atom. The van der Waals surface area contributed by atoms with E-state index in [-0.39, 0.29) is 30.5 Å². The maximum Gasteiger partial charge on any atom is 0.244 e. The molecule has 0 spiro atoms. The summed E-state index contributed by atoms with van der Waals surface area (Å²) in [4.78, 5) is 29.4. The van der Waals surface area contributed by atoms with Crippen LogP contribution in [0.25, 0.3) is 0 Å². The molecule has 0 heterocycles. The van der Waals surface area contributed by atoms with Crippen molar-refractivity contribution in [3.8, 4) is 0 Å². The van der Waals surface area contributed by atoms with Gasteiger partial charge in [0.1, 0.15) is 18.4 Å². The number of nitrogens with one attached hydrogen (secondary N) is 1. The first-order valence-corrected chi connectivity index (χ1v) is 15.8. The van der Waals surface area contributed by atoms with Crippen LogP contribution < -0.4 is 9.62 Å². The summed E-state index contributed by atoms with van der Waals surface area (Å²) in [6.45, 7) is 2.91. The summed E-state index contributed by atoms with van der Waals surface area (Å²) in [5.74, 6) is -1.43. The van der Waals surface area contributed by atoms with E-state index in [9.17, 15) is 22.4 Å². The third-order valence-electron chi connectivity index (χ3n) is 7.58. The standard InChI is InChI=1S/C32H38FN3O4S/c1-23-17-18-24(2)29(19-23)36(41(3,39)40)22-31(37)35(21-26-13-7-10-16-28(26)33)30(20-25-11-5-4-6-12-25)32(38)34-27-14-8-9-15-27/h4-7,10-13,16-19,27,30H,8-9,14-15,20-22H2,1-3H3,(H,34,38). The van der Waals surface area contributed by atoms with Gasteiger partial charge in [0.15, 0.2) is 0 Å². The Bertz CT molecular complexity index is 1470. The fourth-order valence-corrected chi connectivity index (χ4v) is 6.21. The predicted molar refractivity (Wildman–Crippen MR) is 159 cm³/mol. The minimum Gasteiger partial charge on any atom is -0.352 e. The lowest BCUT2D eigenvalue weighted by atomic mass is 10.0. The van der Waals surface area contributed by atoms with E-state index >= 15 is 0 Å². The van der Waals surface area contributed by atoms with Crippen molar-refractivity contribution in [3.05, 3.63) is 101 Å². The van der Waals surface area contributed by atoms with Crippen molar-refractivity contribution in [1.29, 1.82) is 0 Å². The number of carbonyl (C=O) groups is 2. The van der Waals surface area contributed by atoms with Crippen LogP contribution in [0.15, 0.2) is 72.8 Å². The Morgan fingerprint density at radius 1 is 0.976 bits per heavy atom. The number of sulfonamides is 1. The van der Waals surface area contributed by atoms with Crippen molar-refractivity contribution in [2.75, 3.05) is 17.1 Å². The highest BCUT2D eigenvalue weighted by atomic mass is 32.2. The average Bonchev–Trinajstić information content (AvgIpc) is 3.44. The van der Waals surface area contributed by atoms with Gasteiger partial charge < -0.3 is 10.2 Å². The van der Waals surface area contributed by atoms with Gasteiger partial charge >= 0.3 is 0 Å². The first kappa shape index (κ1) is 30.2. The molecular formula is C32H38FN3O4S. The number of amides is 2. The van der Waals surface area contributed by atoms with E-state index in [0.29, 0.717) is 11.3 Å². The van der Waals surface area contributed by atoms with Crippen LogP contribution in [-0.2, 0) is 32.6 Å². The Kier molecular flexibility index (Phi) is 9.81. The lowest BCUT2D eigenvalue weighted by Gasteiger charge is -2.34. The summed E-state index contributed by atoms with van der Waals surface area (Å²) in [7, 11) is -3.88. The molecule has 1 unspecified atom stereocenters. The predicted octanol–water partition coefficient (Wildman–Crippen LogP) is 4.91. The number of halogens is 1. The highest BCUT2D eigenvalue weighted by Gasteiger charge is 2.34. The smallest absolute Gasteiger partial charge is 0.244 e. The Morgan fingerprint density at radius 3 is 2.29 bits per heavy atom. The zero-order valence-electron chi connectivity index (χ0n) is 23.8. The van der Waals surface area contributed by atoms with E-state index in [1.807, 2.05) is 43.3 Å². The molecule has 1 aliphatic carbocycles. The van der Waals surface area contributed by atoms with Gasteiger partial charge in [-0.3, -0.25) is 13.9 Å². The summed E-state index contributed by atoms with van der Waals surface area (Å²) in [6, 6.07) is 19.9. The molecule has 0 radical (unpaired) electrons. The van der Waals surface area contributed by atoms with Crippen molar-refractivity contribution < 1.29 is 22.4 Å². The number of rotatable bonds is 11. The highest BCUT2D eigenvalue weighted by Crippen LogP contribution is 2.26. The highest BCUT2D eigenvalue weighted by molar-refractivity contribution is 7.92. The maximum atomic E-state index is 14.9. The van der Waals surface area contributed by atoms with Crippen molar-refractivity contribution in [2.45, 2.75) is 64.6 Å². The van der Waals surface area contributed by atoms with Gasteiger partial charge in [-0.25, -0.2) is 12.8 Å². The fraction of sp³-hybridized carbons (Fsp3) is 0.375. The number of aryl methyl sites for hydroxylation is 2. The molecule has 41 heavy (non-hydrogen) atoms. The SMILES string of the molecule is Cc1ccc(C)c(N(CC(=O)N(Cc2ccccc2F)C(Cc2ccccc2)C(=O)NC2CCCC2)S(C)(=O)=O)c1. The summed E-state index contributed by atoms with van der Waals surface area (Å²) in [5, 5.41) is 3.11. The third kappa shape index (κ3) is 7.94. The van der Waals surface area contributed by atoms with Gasteiger partial charge in [0.05, 0.1) is 11.9 Å². The minimum atomic E-state index is -3.88. The normalized spacial score (nSPS) is 14.4. The molecule has 7 nitrogen and oxygen atoms in total. The number of anilines is 1. The molecule has 218 valence electrons. The van der Waals surface area contributed by atoms with Crippen LogP contribution in [0.2, 0.25) is 0 Å². The second-order valence-corrected chi connectivity index (χ2v) is 12.8. The molecule has 1 aliphatic rings. The molecule has 1 fully saturated rings. The molecule has 0 bridgehead atoms. The van der Waals surface area contributed by atoms with Crippen molar-refractivity contribution in [2.24, 2.45) is 0 Å². The monoisotopic (exact) mass is 579 g/mol. The Hall–Kier alpha value is -3.72. The van der Waals surface area contributed by atoms with Crippen molar-refractivity contribution in [3.63, 3.8) is 0 Å². The lowest BCUT2D eigenvalue weighted by molar-refractivity contribution is -0.140. The molecule has 4 rings (SSSR count). The van der Waals surface area contributed by atoms with Gasteiger partial charge in [-0.1, -0.05) is 73.5 Å². The molecular weight excluding hydrogens is 541 g/mol. The average molecular weight is 580 g/mol. The minimum absolute atomic E-state index is 0.00801. The first-order valence-electron chi connectivity index (χ1n) is 13.9. The van der Waals surface area contributed by atoms with E-state index < -0.39 is 34.3 Å². The van der Waals surface area contributed by atoms with Gasteiger partial charge in [-0.05, 0) is 55.5 Å². The molecule has 0 saturated heterocycles. The van der Waals surface area contributed by atoms with Crippen molar-refractivity contribution >= 4 is 27.5 Å². The largest absolute Gasteiger partial charge is 0.352 e. The van der Waals surface area contributed by atoms with E-state index in [4.69, 9.17) is 0 Å². The maximum absolute atomic E-state index is 14.9. The topological polar surface area (TPSA) is 86.8 Å². The fourth-order valence-electron chi connectivity index (χ4n) is 5.31. The molecule has 0 aromatic heterocycles. The van der Waals surface area contributed by atoms with E-state index in [1.165, 1.54) is 11.0 Å². The van der Waals surface area contributed by atoms with Gasteiger partial charge in [0, 0.05) is 24.6 Å². The van der Waals surface area contributed by atoms with Crippen LogP contribution in [0.1, 0.15) is 47.9 Å². The number of benzene rings is 3. The second-order valence-electron chi connectivity index (χ2n) is 10.9. The van der Waals surface area contributed by atoms with Crippen LogP contribution in [-0.4, -0.2) is 50.0 Å². The molecule has 3 aromatic carbocycles. The quantitative estimate of drug-likeness (QED) is 0.350. The zero-order valence-corrected chi connectivity index (χ0v) is 24.7. The summed E-state index contributed by atoms with van der Waals surface area (Å²) < 4.78 is 42.0. The van der Waals surface area contributed by atoms with Gasteiger partial charge in [0.25, 0.3) is 0 Å². The number of hydrogen-bond donors (Lipinski definition) is 1. The van der Waals surface area contributed by atoms with Crippen LogP contribution in [0.3, 0.4) is 0 Å². The molecule has 1 saturated carbocycles. The second kappa shape index (κ2) is 13.3. The number of hydrogen-bond acceptors (Lipinski definition) is 4. The Labute approximate surface area is 242 Å². The zero-order chi connectivity index (χ0) is 29.6. The molecule has 1 atom stereocenters. The van der Waals surface area contributed by atoms with Gasteiger partial charge in [-0.2, -0.15) is 0 Å². The van der Waals surface area contributed by atoms with Crippen molar-refractivity contribution in [1.82, 2.24) is 10.2 Å². The molecule has 0 aliphatic heterocycles. The van der Waals surface area contributed by atoms with E-state index in [0.717, 1.165) is 47.4 Å². The third-order valence-corrected chi connectivity index (χ3v) is 8.71. The molecule has 2 amide bonds. The van der Waals surface area contributed by atoms with E-state index in [2.05, 4.69) is 5.32 Å². The number of carbonyl (C=O) groups excluding carboxylic acids is 2. The van der Waals surface area contributed by atoms with E-state index in [1.54, 1.807) is 37.3 Å². The van der Waals surface area contributed by atoms with Gasteiger partial charge in [-0.15, -0.1) is 0 Å². The summed E-state index contributed by atoms with van der Waals surface area (Å²) in [5.41, 5.74) is 2.99. The van der Waals surface area contributed by atoms with Crippen LogP contribution in [0, 0.1) is 19.7 Å². The lowest BCUT2D eigenvalue weighted by Crippen LogP contribution is -2.54. The van der Waals surface area contributed by atoms with Crippen LogP contribution in [0.5, 0.6) is 0 Å².